The molecule has 0 bridgehead atoms. The number of benzene rings is 5. The summed E-state index contributed by atoms with van der Waals surface area (Å²) in [5, 5.41) is 4.25. The number of ether oxygens (including phenoxy) is 2. The van der Waals surface area contributed by atoms with Crippen molar-refractivity contribution in [1.29, 1.82) is 0 Å². The summed E-state index contributed by atoms with van der Waals surface area (Å²) in [7, 11) is 0. The van der Waals surface area contributed by atoms with Gasteiger partial charge < -0.3 is 13.9 Å². The van der Waals surface area contributed by atoms with E-state index in [4.69, 9.17) is 18.9 Å². The highest BCUT2D eigenvalue weighted by molar-refractivity contribution is 6.98. The molecule has 2 aliphatic heterocycles. The number of hydrogen-bond donors (Lipinski definition) is 0. The van der Waals surface area contributed by atoms with Crippen molar-refractivity contribution in [2.45, 2.75) is 0 Å². The predicted molar refractivity (Wildman–Crippen MR) is 164 cm³/mol. The first-order chi connectivity index (χ1) is 20.3. The van der Waals surface area contributed by atoms with Gasteiger partial charge in [-0.3, -0.25) is 4.57 Å². The van der Waals surface area contributed by atoms with Crippen molar-refractivity contribution in [3.63, 3.8) is 0 Å². The van der Waals surface area contributed by atoms with E-state index in [1.165, 1.54) is 10.8 Å². The molecule has 8 aromatic rings. The molecule has 0 atom stereocenters. The van der Waals surface area contributed by atoms with E-state index in [1.54, 1.807) is 0 Å². The quantitative estimate of drug-likeness (QED) is 0.221. The first-order valence-electron chi connectivity index (χ1n) is 13.8. The smallest absolute Gasteiger partial charge is 0.260 e. The number of nitrogens with zero attached hydrogens (tertiary/aromatic N) is 2. The van der Waals surface area contributed by atoms with Crippen molar-refractivity contribution in [3.05, 3.63) is 115 Å². The Morgan fingerprint density at radius 3 is 1.98 bits per heavy atom. The lowest BCUT2D eigenvalue weighted by atomic mass is 9.35. The van der Waals surface area contributed by atoms with Crippen LogP contribution in [0.1, 0.15) is 0 Å². The van der Waals surface area contributed by atoms with Gasteiger partial charge in [0.1, 0.15) is 28.6 Å². The number of rotatable bonds is 1. The standard InChI is InChI=1S/C35H19BN2O3/c1-5-13-25-20(9-1)21-10-2-6-14-26(21)38(25)35-33-22(17-18-37-35)31-29(41-33)19-30-32-34(31)40-28-16-8-4-12-24(28)36(32)23-11-3-7-15-27(23)39-30/h1-19H. The maximum Gasteiger partial charge on any atom is 0.260 e. The second kappa shape index (κ2) is 7.58. The maximum absolute atomic E-state index is 6.72. The molecule has 0 N–H and O–H groups in total. The maximum atomic E-state index is 6.72. The molecule has 41 heavy (non-hydrogen) atoms. The van der Waals surface area contributed by atoms with E-state index in [1.807, 2.05) is 42.6 Å². The Bertz CT molecular complexity index is 2340. The summed E-state index contributed by atoms with van der Waals surface area (Å²) in [6.07, 6.45) is 1.86. The van der Waals surface area contributed by atoms with E-state index in [2.05, 4.69) is 77.4 Å². The van der Waals surface area contributed by atoms with Gasteiger partial charge in [0.05, 0.1) is 16.4 Å². The summed E-state index contributed by atoms with van der Waals surface area (Å²) in [6.45, 7) is 0.00268. The molecule has 0 unspecified atom stereocenters. The highest BCUT2D eigenvalue weighted by Gasteiger charge is 2.41. The van der Waals surface area contributed by atoms with Gasteiger partial charge in [0, 0.05) is 33.9 Å². The fourth-order valence-electron chi connectivity index (χ4n) is 6.91. The molecule has 0 spiro atoms. The number of hydrogen-bond acceptors (Lipinski definition) is 4. The molecule has 10 rings (SSSR count). The molecule has 5 heterocycles. The summed E-state index contributed by atoms with van der Waals surface area (Å²) in [6, 6.07) is 37.5. The molecule has 0 amide bonds. The predicted octanol–water partition coefficient (Wildman–Crippen LogP) is 6.81. The van der Waals surface area contributed by atoms with Gasteiger partial charge in [-0.05, 0) is 41.3 Å². The van der Waals surface area contributed by atoms with Gasteiger partial charge in [-0.2, -0.15) is 0 Å². The molecule has 190 valence electrons. The van der Waals surface area contributed by atoms with Crippen molar-refractivity contribution in [1.82, 2.24) is 9.55 Å². The lowest BCUT2D eigenvalue weighted by Crippen LogP contribution is -2.57. The number of fused-ring (bicyclic) bond motifs is 11. The average molecular weight is 526 g/mol. The van der Waals surface area contributed by atoms with E-state index < -0.39 is 0 Å². The van der Waals surface area contributed by atoms with Crippen LogP contribution in [0.2, 0.25) is 0 Å². The molecule has 0 fully saturated rings. The van der Waals surface area contributed by atoms with Crippen molar-refractivity contribution in [3.8, 4) is 28.8 Å². The Hall–Kier alpha value is -5.49. The molecule has 0 aliphatic carbocycles. The highest BCUT2D eigenvalue weighted by Crippen LogP contribution is 2.45. The Morgan fingerprint density at radius 2 is 1.24 bits per heavy atom. The lowest BCUT2D eigenvalue weighted by Gasteiger charge is -2.33. The van der Waals surface area contributed by atoms with Gasteiger partial charge in [0.15, 0.2) is 11.4 Å². The fourth-order valence-corrected chi connectivity index (χ4v) is 6.91. The Labute approximate surface area is 234 Å². The average Bonchev–Trinajstić information content (AvgIpc) is 3.57. The third kappa shape index (κ3) is 2.69. The summed E-state index contributed by atoms with van der Waals surface area (Å²) < 4.78 is 22.1. The third-order valence-electron chi connectivity index (χ3n) is 8.59. The SMILES string of the molecule is c1ccc2c(c1)Oc1cc3oc4c(-n5c6ccccc6c6ccccc65)nccc4c3c3c1B2c1ccccc1O3. The van der Waals surface area contributed by atoms with E-state index in [-0.39, 0.29) is 6.71 Å². The fraction of sp³-hybridized carbons (Fsp3) is 0. The lowest BCUT2D eigenvalue weighted by molar-refractivity contribution is 0.467. The first kappa shape index (κ1) is 21.4. The zero-order valence-electron chi connectivity index (χ0n) is 21.7. The van der Waals surface area contributed by atoms with Crippen LogP contribution in [-0.4, -0.2) is 16.3 Å². The summed E-state index contributed by atoms with van der Waals surface area (Å²) >= 11 is 0. The molecule has 3 aromatic heterocycles. The number of para-hydroxylation sites is 4. The molecule has 5 nitrogen and oxygen atoms in total. The normalized spacial score (nSPS) is 13.2. The summed E-state index contributed by atoms with van der Waals surface area (Å²) in [4.78, 5) is 4.89. The monoisotopic (exact) mass is 526 g/mol. The van der Waals surface area contributed by atoms with Gasteiger partial charge in [0.25, 0.3) is 6.71 Å². The minimum absolute atomic E-state index is 0.00268. The second-order valence-corrected chi connectivity index (χ2v) is 10.7. The van der Waals surface area contributed by atoms with Crippen molar-refractivity contribution in [2.75, 3.05) is 0 Å². The molecule has 5 aromatic carbocycles. The van der Waals surface area contributed by atoms with Crippen LogP contribution in [0.5, 0.6) is 23.0 Å². The Morgan fingerprint density at radius 1 is 0.610 bits per heavy atom. The van der Waals surface area contributed by atoms with Crippen LogP contribution < -0.4 is 25.9 Å². The molecule has 0 radical (unpaired) electrons. The molecule has 0 saturated carbocycles. The second-order valence-electron chi connectivity index (χ2n) is 10.7. The van der Waals surface area contributed by atoms with Crippen LogP contribution in [-0.2, 0) is 0 Å². The zero-order valence-corrected chi connectivity index (χ0v) is 21.7. The van der Waals surface area contributed by atoms with E-state index in [9.17, 15) is 0 Å². The van der Waals surface area contributed by atoms with E-state index in [0.29, 0.717) is 11.2 Å². The first-order valence-corrected chi connectivity index (χ1v) is 13.8. The van der Waals surface area contributed by atoms with Crippen LogP contribution in [0, 0.1) is 0 Å². The van der Waals surface area contributed by atoms with Crippen LogP contribution in [0.15, 0.2) is 120 Å². The summed E-state index contributed by atoms with van der Waals surface area (Å²) in [5.74, 6) is 4.00. The molecule has 2 aliphatic rings. The van der Waals surface area contributed by atoms with Crippen molar-refractivity contribution >= 4 is 66.8 Å². The van der Waals surface area contributed by atoms with Gasteiger partial charge in [-0.1, -0.05) is 72.8 Å². The number of furan rings is 1. The molecule has 6 heteroatoms. The van der Waals surface area contributed by atoms with Gasteiger partial charge in [-0.25, -0.2) is 4.98 Å². The Balaban J connectivity index is 1.32. The highest BCUT2D eigenvalue weighted by atomic mass is 16.5. The van der Waals surface area contributed by atoms with E-state index >= 15 is 0 Å². The van der Waals surface area contributed by atoms with Crippen LogP contribution in [0.3, 0.4) is 0 Å². The number of aromatic nitrogens is 2. The number of pyridine rings is 1. The molecule has 0 saturated heterocycles. The van der Waals surface area contributed by atoms with Gasteiger partial charge in [0.2, 0.25) is 0 Å². The van der Waals surface area contributed by atoms with E-state index in [0.717, 1.165) is 67.0 Å². The Kier molecular flexibility index (Phi) is 3.95. The van der Waals surface area contributed by atoms with Crippen LogP contribution >= 0.6 is 0 Å². The largest absolute Gasteiger partial charge is 0.458 e. The zero-order chi connectivity index (χ0) is 26.7. The van der Waals surface area contributed by atoms with Crippen LogP contribution in [0.25, 0.3) is 49.6 Å². The van der Waals surface area contributed by atoms with Crippen molar-refractivity contribution < 1.29 is 13.9 Å². The topological polar surface area (TPSA) is 49.4 Å². The third-order valence-corrected chi connectivity index (χ3v) is 8.59. The van der Waals surface area contributed by atoms with Crippen molar-refractivity contribution in [2.24, 2.45) is 0 Å². The minimum Gasteiger partial charge on any atom is -0.458 e. The molecular formula is C35H19BN2O3. The van der Waals surface area contributed by atoms with Gasteiger partial charge in [-0.15, -0.1) is 0 Å². The summed E-state index contributed by atoms with van der Waals surface area (Å²) in [5.41, 5.74) is 6.89. The van der Waals surface area contributed by atoms with Crippen LogP contribution in [0.4, 0.5) is 0 Å². The van der Waals surface area contributed by atoms with Gasteiger partial charge >= 0.3 is 0 Å². The molecular weight excluding hydrogens is 507 g/mol. The minimum atomic E-state index is 0.00268.